The molecule has 0 spiro atoms. The van der Waals surface area contributed by atoms with Crippen molar-refractivity contribution in [1.82, 2.24) is 0 Å². The van der Waals surface area contributed by atoms with Crippen molar-refractivity contribution in [3.8, 4) is 17.2 Å². The van der Waals surface area contributed by atoms with Crippen LogP contribution in [0.1, 0.15) is 29.5 Å². The number of anilines is 1. The van der Waals surface area contributed by atoms with E-state index in [1.54, 1.807) is 26.4 Å². The Hall–Kier alpha value is -3.22. The SMILES string of the molecule is COc1cc(OC)c2c(c1)[C@H]1C=CC[C@@H]1[C@@H](c1ccc(OC)c([N+](=O)[O-])c1)N2. The molecule has 4 rings (SSSR count). The Morgan fingerprint density at radius 3 is 2.54 bits per heavy atom. The van der Waals surface area contributed by atoms with Crippen LogP contribution in [0, 0.1) is 16.0 Å². The van der Waals surface area contributed by atoms with Crippen molar-refractivity contribution < 1.29 is 19.1 Å². The molecule has 0 aromatic heterocycles. The van der Waals surface area contributed by atoms with Crippen LogP contribution in [0.15, 0.2) is 42.5 Å². The van der Waals surface area contributed by atoms with Crippen LogP contribution in [0.5, 0.6) is 17.2 Å². The summed E-state index contributed by atoms with van der Waals surface area (Å²) in [5.74, 6) is 2.13. The third-order valence-electron chi connectivity index (χ3n) is 5.62. The molecule has 1 heterocycles. The largest absolute Gasteiger partial charge is 0.497 e. The summed E-state index contributed by atoms with van der Waals surface area (Å²) < 4.78 is 16.2. The summed E-state index contributed by atoms with van der Waals surface area (Å²) in [6, 6.07) is 8.95. The van der Waals surface area contributed by atoms with E-state index in [9.17, 15) is 10.1 Å². The summed E-state index contributed by atoms with van der Waals surface area (Å²) >= 11 is 0. The molecule has 3 atom stereocenters. The fourth-order valence-corrected chi connectivity index (χ4v) is 4.29. The number of hydrogen-bond acceptors (Lipinski definition) is 6. The highest BCUT2D eigenvalue weighted by Gasteiger charge is 2.40. The molecule has 2 aromatic rings. The maximum atomic E-state index is 11.5. The van der Waals surface area contributed by atoms with Gasteiger partial charge in [-0.15, -0.1) is 0 Å². The number of ether oxygens (including phenoxy) is 3. The first-order valence-corrected chi connectivity index (χ1v) is 9.08. The minimum atomic E-state index is -0.408. The quantitative estimate of drug-likeness (QED) is 0.467. The second kappa shape index (κ2) is 7.07. The number of allylic oxidation sites excluding steroid dienone is 2. The monoisotopic (exact) mass is 382 g/mol. The average Bonchev–Trinajstić information content (AvgIpc) is 3.22. The van der Waals surface area contributed by atoms with Crippen LogP contribution in [-0.2, 0) is 0 Å². The van der Waals surface area contributed by atoms with Gasteiger partial charge < -0.3 is 19.5 Å². The Morgan fingerprint density at radius 1 is 1.07 bits per heavy atom. The van der Waals surface area contributed by atoms with Crippen molar-refractivity contribution in [3.05, 3.63) is 63.7 Å². The summed E-state index contributed by atoms with van der Waals surface area (Å²) in [5, 5.41) is 15.0. The smallest absolute Gasteiger partial charge is 0.311 e. The minimum absolute atomic E-state index is 0.0307. The fraction of sp³-hybridized carbons (Fsp3) is 0.333. The fourth-order valence-electron chi connectivity index (χ4n) is 4.29. The Balaban J connectivity index is 1.82. The minimum Gasteiger partial charge on any atom is -0.497 e. The maximum Gasteiger partial charge on any atom is 0.311 e. The highest BCUT2D eigenvalue weighted by atomic mass is 16.6. The zero-order valence-electron chi connectivity index (χ0n) is 16.0. The van der Waals surface area contributed by atoms with Gasteiger partial charge in [0, 0.05) is 18.1 Å². The molecule has 2 aromatic carbocycles. The molecule has 146 valence electrons. The van der Waals surface area contributed by atoms with E-state index in [1.807, 2.05) is 18.2 Å². The molecule has 1 aliphatic heterocycles. The molecule has 0 saturated heterocycles. The van der Waals surface area contributed by atoms with Crippen LogP contribution < -0.4 is 19.5 Å². The molecular weight excluding hydrogens is 360 g/mol. The number of rotatable bonds is 5. The summed E-state index contributed by atoms with van der Waals surface area (Å²) in [7, 11) is 4.70. The van der Waals surface area contributed by atoms with Crippen LogP contribution in [0.3, 0.4) is 0 Å². The standard InChI is InChI=1S/C21H22N2O5/c1-26-13-10-16-14-5-4-6-15(14)20(22-21(16)19(11-13)28-3)12-7-8-18(27-2)17(9-12)23(24)25/h4-5,7-11,14-15,20,22H,6H2,1-3H3/t14-,15-,20+/m0/s1. The van der Waals surface area contributed by atoms with Gasteiger partial charge in [0.2, 0.25) is 0 Å². The summed E-state index contributed by atoms with van der Waals surface area (Å²) in [4.78, 5) is 11.1. The number of nitro benzene ring substituents is 1. The van der Waals surface area contributed by atoms with E-state index < -0.39 is 4.92 Å². The topological polar surface area (TPSA) is 82.9 Å². The van der Waals surface area contributed by atoms with Gasteiger partial charge in [0.15, 0.2) is 5.75 Å². The molecule has 2 aliphatic rings. The lowest BCUT2D eigenvalue weighted by Crippen LogP contribution is -2.29. The molecule has 0 radical (unpaired) electrons. The number of nitrogens with zero attached hydrogens (tertiary/aromatic N) is 1. The van der Waals surface area contributed by atoms with Crippen molar-refractivity contribution in [2.45, 2.75) is 18.4 Å². The van der Waals surface area contributed by atoms with Crippen molar-refractivity contribution in [2.24, 2.45) is 5.92 Å². The lowest BCUT2D eigenvalue weighted by Gasteiger charge is -2.38. The Labute approximate surface area is 163 Å². The van der Waals surface area contributed by atoms with Crippen molar-refractivity contribution in [1.29, 1.82) is 0 Å². The second-order valence-electron chi connectivity index (χ2n) is 6.96. The molecule has 0 fully saturated rings. The van der Waals surface area contributed by atoms with Gasteiger partial charge in [-0.1, -0.05) is 18.2 Å². The predicted molar refractivity (Wildman–Crippen MR) is 106 cm³/mol. The van der Waals surface area contributed by atoms with Gasteiger partial charge in [0.05, 0.1) is 38.0 Å². The average molecular weight is 382 g/mol. The zero-order chi connectivity index (χ0) is 19.8. The molecule has 0 unspecified atom stereocenters. The highest BCUT2D eigenvalue weighted by Crippen LogP contribution is 2.53. The van der Waals surface area contributed by atoms with Gasteiger partial charge in [-0.25, -0.2) is 0 Å². The second-order valence-corrected chi connectivity index (χ2v) is 6.96. The van der Waals surface area contributed by atoms with Crippen LogP contribution in [0.4, 0.5) is 11.4 Å². The Kier molecular flexibility index (Phi) is 4.58. The number of nitrogens with one attached hydrogen (secondary N) is 1. The van der Waals surface area contributed by atoms with E-state index in [0.29, 0.717) is 5.75 Å². The Bertz CT molecular complexity index is 956. The van der Waals surface area contributed by atoms with Gasteiger partial charge in [-0.05, 0) is 35.6 Å². The first kappa shape index (κ1) is 18.2. The van der Waals surface area contributed by atoms with Gasteiger partial charge in [0.1, 0.15) is 11.5 Å². The van der Waals surface area contributed by atoms with Gasteiger partial charge in [-0.2, -0.15) is 0 Å². The normalized spacial score (nSPS) is 22.0. The van der Waals surface area contributed by atoms with Crippen LogP contribution in [-0.4, -0.2) is 26.3 Å². The van der Waals surface area contributed by atoms with E-state index in [0.717, 1.165) is 29.0 Å². The molecule has 1 N–H and O–H groups in total. The number of hydrogen-bond donors (Lipinski definition) is 1. The molecule has 7 nitrogen and oxygen atoms in total. The predicted octanol–water partition coefficient (Wildman–Crippen LogP) is 4.45. The molecule has 0 bridgehead atoms. The van der Waals surface area contributed by atoms with E-state index in [-0.39, 0.29) is 29.3 Å². The summed E-state index contributed by atoms with van der Waals surface area (Å²) in [5.41, 5.74) is 2.85. The molecule has 28 heavy (non-hydrogen) atoms. The molecule has 7 heteroatoms. The lowest BCUT2D eigenvalue weighted by molar-refractivity contribution is -0.385. The van der Waals surface area contributed by atoms with E-state index in [2.05, 4.69) is 17.5 Å². The number of methoxy groups -OCH3 is 3. The van der Waals surface area contributed by atoms with Crippen molar-refractivity contribution in [2.75, 3.05) is 26.6 Å². The first-order valence-electron chi connectivity index (χ1n) is 9.08. The van der Waals surface area contributed by atoms with E-state index in [4.69, 9.17) is 14.2 Å². The lowest BCUT2D eigenvalue weighted by atomic mass is 9.76. The molecule has 1 aliphatic carbocycles. The third-order valence-corrected chi connectivity index (χ3v) is 5.62. The summed E-state index contributed by atoms with van der Waals surface area (Å²) in [6.07, 6.45) is 5.26. The van der Waals surface area contributed by atoms with Gasteiger partial charge in [-0.3, -0.25) is 10.1 Å². The third kappa shape index (κ3) is 2.83. The maximum absolute atomic E-state index is 11.5. The zero-order valence-corrected chi connectivity index (χ0v) is 16.0. The number of fused-ring (bicyclic) bond motifs is 3. The molecule has 0 saturated carbocycles. The van der Waals surface area contributed by atoms with Gasteiger partial charge in [0.25, 0.3) is 0 Å². The van der Waals surface area contributed by atoms with Crippen LogP contribution >= 0.6 is 0 Å². The van der Waals surface area contributed by atoms with Crippen molar-refractivity contribution in [3.63, 3.8) is 0 Å². The van der Waals surface area contributed by atoms with Crippen molar-refractivity contribution >= 4 is 11.4 Å². The highest BCUT2D eigenvalue weighted by molar-refractivity contribution is 5.70. The van der Waals surface area contributed by atoms with Crippen LogP contribution in [0.25, 0.3) is 0 Å². The number of nitro groups is 1. The Morgan fingerprint density at radius 2 is 1.86 bits per heavy atom. The first-order chi connectivity index (χ1) is 13.6. The van der Waals surface area contributed by atoms with Crippen LogP contribution in [0.2, 0.25) is 0 Å². The number of benzene rings is 2. The van der Waals surface area contributed by atoms with Gasteiger partial charge >= 0.3 is 5.69 Å². The summed E-state index contributed by atoms with van der Waals surface area (Å²) in [6.45, 7) is 0. The molecular formula is C21H22N2O5. The van der Waals surface area contributed by atoms with E-state index >= 15 is 0 Å². The van der Waals surface area contributed by atoms with E-state index in [1.165, 1.54) is 7.11 Å². The molecule has 0 amide bonds.